The molecule has 1 heterocycles. The van der Waals surface area contributed by atoms with Gasteiger partial charge < -0.3 is 14.6 Å². The maximum Gasteiger partial charge on any atom is 0.355 e. The van der Waals surface area contributed by atoms with Gasteiger partial charge in [0.1, 0.15) is 5.69 Å². The van der Waals surface area contributed by atoms with Crippen molar-refractivity contribution in [3.63, 3.8) is 0 Å². The molecule has 0 atom stereocenters. The van der Waals surface area contributed by atoms with Crippen LogP contribution in [0.5, 0.6) is 0 Å². The number of ketones is 1. The summed E-state index contributed by atoms with van der Waals surface area (Å²) < 4.78 is 5.00. The molecule has 1 N–H and O–H groups in total. The number of aromatic amines is 1. The second kappa shape index (κ2) is 8.66. The number of carbonyl (C=O) groups excluding carboxylic acids is 3. The molecule has 6 heteroatoms. The van der Waals surface area contributed by atoms with E-state index in [1.807, 2.05) is 20.8 Å². The third-order valence-electron chi connectivity index (χ3n) is 3.85. The highest BCUT2D eigenvalue weighted by atomic mass is 16.5. The van der Waals surface area contributed by atoms with Crippen LogP contribution in [0.25, 0.3) is 0 Å². The Morgan fingerprint density at radius 1 is 1.17 bits per heavy atom. The zero-order valence-corrected chi connectivity index (χ0v) is 15.5. The van der Waals surface area contributed by atoms with Crippen molar-refractivity contribution in [3.8, 4) is 0 Å². The van der Waals surface area contributed by atoms with Crippen molar-refractivity contribution in [2.75, 3.05) is 19.7 Å². The molecule has 1 amide bonds. The molecule has 0 saturated carbocycles. The third-order valence-corrected chi connectivity index (χ3v) is 3.85. The lowest BCUT2D eigenvalue weighted by molar-refractivity contribution is -0.131. The summed E-state index contributed by atoms with van der Waals surface area (Å²) in [6.07, 6.45) is 0.417. The number of hydrogen-bond donors (Lipinski definition) is 1. The molecule has 1 aromatic rings. The number of nitrogens with zero attached hydrogens (tertiary/aromatic N) is 1. The van der Waals surface area contributed by atoms with Crippen LogP contribution in [-0.4, -0.2) is 47.2 Å². The van der Waals surface area contributed by atoms with E-state index in [1.54, 1.807) is 25.7 Å². The van der Waals surface area contributed by atoms with Crippen LogP contribution in [0.1, 0.15) is 66.2 Å². The second-order valence-corrected chi connectivity index (χ2v) is 6.27. The van der Waals surface area contributed by atoms with Gasteiger partial charge in [0, 0.05) is 24.2 Å². The minimum atomic E-state index is -0.472. The van der Waals surface area contributed by atoms with Crippen LogP contribution < -0.4 is 0 Å². The summed E-state index contributed by atoms with van der Waals surface area (Å²) in [7, 11) is 0. The molecule has 0 saturated heterocycles. The average molecular weight is 336 g/mol. The molecule has 6 nitrogen and oxygen atoms in total. The highest BCUT2D eigenvalue weighted by molar-refractivity contribution is 6.04. The number of aryl methyl sites for hydroxylation is 1. The lowest BCUT2D eigenvalue weighted by Gasteiger charge is -2.21. The zero-order valence-electron chi connectivity index (χ0n) is 15.5. The largest absolute Gasteiger partial charge is 0.461 e. The first-order valence-electron chi connectivity index (χ1n) is 8.40. The molecular weight excluding hydrogens is 308 g/mol. The summed E-state index contributed by atoms with van der Waals surface area (Å²) in [5.41, 5.74) is 1.96. The number of esters is 1. The van der Waals surface area contributed by atoms with E-state index < -0.39 is 5.97 Å². The molecule has 0 aromatic carbocycles. The van der Waals surface area contributed by atoms with E-state index in [0.717, 1.165) is 0 Å². The van der Waals surface area contributed by atoms with Crippen molar-refractivity contribution in [2.24, 2.45) is 5.92 Å². The molecule has 0 aliphatic carbocycles. The van der Waals surface area contributed by atoms with Crippen molar-refractivity contribution in [1.82, 2.24) is 9.88 Å². The lowest BCUT2D eigenvalue weighted by atomic mass is 10.0. The summed E-state index contributed by atoms with van der Waals surface area (Å²) in [4.78, 5) is 41.3. The molecular formula is C18H28N2O4. The van der Waals surface area contributed by atoms with Crippen LogP contribution in [0.2, 0.25) is 0 Å². The normalized spacial score (nSPS) is 10.8. The van der Waals surface area contributed by atoms with Gasteiger partial charge in [-0.15, -0.1) is 0 Å². The van der Waals surface area contributed by atoms with Gasteiger partial charge in [-0.25, -0.2) is 4.79 Å². The van der Waals surface area contributed by atoms with Crippen molar-refractivity contribution in [3.05, 3.63) is 22.5 Å². The molecule has 24 heavy (non-hydrogen) atoms. The Balaban J connectivity index is 2.99. The predicted molar refractivity (Wildman–Crippen MR) is 92.3 cm³/mol. The summed E-state index contributed by atoms with van der Waals surface area (Å²) in [6, 6.07) is 0. The number of hydrogen-bond acceptors (Lipinski definition) is 4. The van der Waals surface area contributed by atoms with Gasteiger partial charge in [-0.3, -0.25) is 9.59 Å². The quantitative estimate of drug-likeness (QED) is 0.585. The number of amides is 1. The number of carbonyl (C=O) groups is 3. The third kappa shape index (κ3) is 4.69. The van der Waals surface area contributed by atoms with Crippen molar-refractivity contribution in [1.29, 1.82) is 0 Å². The fraction of sp³-hybridized carbons (Fsp3) is 0.611. The predicted octanol–water partition coefficient (Wildman–Crippen LogP) is 2.89. The molecule has 0 fully saturated rings. The Morgan fingerprint density at radius 3 is 2.29 bits per heavy atom. The number of Topliss-reactive ketones (excluding diaryl/α,β-unsaturated/α-hetero) is 1. The molecule has 0 aliphatic heterocycles. The van der Waals surface area contributed by atoms with Crippen LogP contribution in [0, 0.1) is 19.8 Å². The minimum Gasteiger partial charge on any atom is -0.461 e. The van der Waals surface area contributed by atoms with Crippen LogP contribution in [0.3, 0.4) is 0 Å². The smallest absolute Gasteiger partial charge is 0.355 e. The summed E-state index contributed by atoms with van der Waals surface area (Å²) in [5.74, 6) is -0.429. The van der Waals surface area contributed by atoms with Crippen molar-refractivity contribution in [2.45, 2.75) is 48.0 Å². The van der Waals surface area contributed by atoms with E-state index in [-0.39, 0.29) is 30.8 Å². The van der Waals surface area contributed by atoms with Crippen LogP contribution in [0.15, 0.2) is 0 Å². The van der Waals surface area contributed by atoms with Gasteiger partial charge in [0.25, 0.3) is 0 Å². The van der Waals surface area contributed by atoms with Gasteiger partial charge in [0.2, 0.25) is 5.91 Å². The second-order valence-electron chi connectivity index (χ2n) is 6.27. The van der Waals surface area contributed by atoms with E-state index in [9.17, 15) is 14.4 Å². The first-order chi connectivity index (χ1) is 11.2. The number of aromatic nitrogens is 1. The summed E-state index contributed by atoms with van der Waals surface area (Å²) in [5, 5.41) is 0. The first kappa shape index (κ1) is 19.9. The fourth-order valence-electron chi connectivity index (χ4n) is 2.68. The maximum absolute atomic E-state index is 12.7. The number of H-pyrrole nitrogens is 1. The Labute approximate surface area is 143 Å². The van der Waals surface area contributed by atoms with Crippen LogP contribution in [0.4, 0.5) is 0 Å². The lowest BCUT2D eigenvalue weighted by Crippen LogP contribution is -2.36. The summed E-state index contributed by atoms with van der Waals surface area (Å²) >= 11 is 0. The maximum atomic E-state index is 12.7. The highest BCUT2D eigenvalue weighted by Gasteiger charge is 2.25. The molecule has 0 bridgehead atoms. The van der Waals surface area contributed by atoms with E-state index in [0.29, 0.717) is 35.5 Å². The molecule has 134 valence electrons. The van der Waals surface area contributed by atoms with E-state index in [4.69, 9.17) is 4.74 Å². The van der Waals surface area contributed by atoms with Gasteiger partial charge in [-0.2, -0.15) is 0 Å². The van der Waals surface area contributed by atoms with E-state index in [2.05, 4.69) is 4.98 Å². The average Bonchev–Trinajstić information content (AvgIpc) is 2.79. The van der Waals surface area contributed by atoms with Crippen molar-refractivity contribution >= 4 is 17.7 Å². The number of nitrogens with one attached hydrogen (secondary N) is 1. The van der Waals surface area contributed by atoms with E-state index in [1.165, 1.54) is 0 Å². The monoisotopic (exact) mass is 336 g/mol. The molecule has 0 unspecified atom stereocenters. The molecule has 0 radical (unpaired) electrons. The van der Waals surface area contributed by atoms with Gasteiger partial charge in [0.15, 0.2) is 5.78 Å². The Kier molecular flexibility index (Phi) is 7.19. The van der Waals surface area contributed by atoms with Crippen LogP contribution in [-0.2, 0) is 9.53 Å². The summed E-state index contributed by atoms with van der Waals surface area (Å²) in [6.45, 7) is 11.8. The first-order valence-corrected chi connectivity index (χ1v) is 8.40. The van der Waals surface area contributed by atoms with Gasteiger partial charge in [-0.05, 0) is 39.2 Å². The fourth-order valence-corrected chi connectivity index (χ4v) is 2.68. The van der Waals surface area contributed by atoms with Crippen LogP contribution >= 0.6 is 0 Å². The number of likely N-dealkylation sites (N-methyl/N-ethyl adjacent to an activating group) is 1. The minimum absolute atomic E-state index is 0.0177. The number of rotatable bonds is 8. The highest BCUT2D eigenvalue weighted by Crippen LogP contribution is 2.20. The van der Waals surface area contributed by atoms with Gasteiger partial charge >= 0.3 is 5.97 Å². The molecule has 1 aromatic heterocycles. The Bertz CT molecular complexity index is 617. The SMILES string of the molecule is CCOC(=O)c1[nH]c(C)c(C(=O)CN(CC)C(=O)CC(C)C)c1C. The van der Waals surface area contributed by atoms with Gasteiger partial charge in [0.05, 0.1) is 13.2 Å². The van der Waals surface area contributed by atoms with E-state index >= 15 is 0 Å². The topological polar surface area (TPSA) is 79.5 Å². The zero-order chi connectivity index (χ0) is 18.4. The van der Waals surface area contributed by atoms with Crippen molar-refractivity contribution < 1.29 is 19.1 Å². The molecule has 0 spiro atoms. The Morgan fingerprint density at radius 2 is 1.79 bits per heavy atom. The number of ether oxygens (including phenoxy) is 1. The van der Waals surface area contributed by atoms with Gasteiger partial charge in [-0.1, -0.05) is 13.8 Å². The standard InChI is InChI=1S/C18H28N2O4/c1-7-20(15(22)9-11(3)4)10-14(21)16-12(5)17(19-13(16)6)18(23)24-8-2/h11,19H,7-10H2,1-6H3. The molecule has 0 aliphatic rings. The molecule has 1 rings (SSSR count). The Hall–Kier alpha value is -2.11.